The number of benzene rings is 3. The molecule has 1 aliphatic rings. The maximum absolute atomic E-state index is 13.6. The minimum absolute atomic E-state index is 0.0648. The summed E-state index contributed by atoms with van der Waals surface area (Å²) in [6.07, 6.45) is 1.28. The molecule has 1 atom stereocenters. The van der Waals surface area contributed by atoms with Gasteiger partial charge in [0.25, 0.3) is 0 Å². The molecule has 0 radical (unpaired) electrons. The molecule has 1 heterocycles. The second kappa shape index (κ2) is 11.6. The molecule has 0 aliphatic carbocycles. The van der Waals surface area contributed by atoms with Gasteiger partial charge in [0, 0.05) is 26.4 Å². The largest absolute Gasteiger partial charge is 0.486 e. The number of hydrogen-bond acceptors (Lipinski definition) is 4. The number of hydrogen-bond donors (Lipinski definition) is 1. The molecule has 4 rings (SSSR count). The van der Waals surface area contributed by atoms with E-state index in [-0.39, 0.29) is 18.2 Å². The molecule has 3 aromatic carbocycles. The summed E-state index contributed by atoms with van der Waals surface area (Å²) in [4.78, 5) is 28.3. The van der Waals surface area contributed by atoms with E-state index in [9.17, 15) is 9.59 Å². The van der Waals surface area contributed by atoms with Gasteiger partial charge in [0.1, 0.15) is 19.3 Å². The second-order valence-corrected chi connectivity index (χ2v) is 8.81. The second-order valence-electron chi connectivity index (χ2n) is 8.81. The maximum atomic E-state index is 13.6. The van der Waals surface area contributed by atoms with Crippen LogP contribution in [0.2, 0.25) is 0 Å². The van der Waals surface area contributed by atoms with Gasteiger partial charge in [0.05, 0.1) is 0 Å². The van der Waals surface area contributed by atoms with E-state index in [4.69, 9.17) is 9.47 Å². The summed E-state index contributed by atoms with van der Waals surface area (Å²) in [5, 5.41) is 2.76. The Morgan fingerprint density at radius 1 is 0.886 bits per heavy atom. The number of amides is 2. The molecular weight excluding hydrogens is 440 g/mol. The number of fused-ring (bicyclic) bond motifs is 1. The molecule has 0 spiro atoms. The summed E-state index contributed by atoms with van der Waals surface area (Å²) in [7, 11) is 1.62. The molecule has 1 aliphatic heterocycles. The predicted octanol–water partition coefficient (Wildman–Crippen LogP) is 4.08. The summed E-state index contributed by atoms with van der Waals surface area (Å²) in [6, 6.07) is 23.1. The van der Waals surface area contributed by atoms with Crippen LogP contribution in [0.1, 0.15) is 28.7 Å². The minimum atomic E-state index is -0.614. The molecule has 1 N–H and O–H groups in total. The Bertz CT molecular complexity index is 1150. The van der Waals surface area contributed by atoms with Crippen molar-refractivity contribution >= 4 is 11.8 Å². The zero-order chi connectivity index (χ0) is 24.6. The van der Waals surface area contributed by atoms with Crippen molar-refractivity contribution in [1.29, 1.82) is 0 Å². The number of likely N-dealkylation sites (N-methyl/N-ethyl adjacent to an activating group) is 1. The van der Waals surface area contributed by atoms with Crippen molar-refractivity contribution in [2.45, 2.75) is 38.8 Å². The zero-order valence-electron chi connectivity index (χ0n) is 20.3. The Hall–Kier alpha value is -3.80. The summed E-state index contributed by atoms with van der Waals surface area (Å²) >= 11 is 0. The lowest BCUT2D eigenvalue weighted by atomic mass is 10.0. The van der Waals surface area contributed by atoms with E-state index in [0.29, 0.717) is 38.3 Å². The van der Waals surface area contributed by atoms with Crippen molar-refractivity contribution < 1.29 is 19.1 Å². The third kappa shape index (κ3) is 6.41. The van der Waals surface area contributed by atoms with E-state index in [0.717, 1.165) is 28.0 Å². The summed E-state index contributed by atoms with van der Waals surface area (Å²) in [6.45, 7) is 3.46. The first-order chi connectivity index (χ1) is 17.0. The quantitative estimate of drug-likeness (QED) is 0.510. The molecule has 35 heavy (non-hydrogen) atoms. The zero-order valence-corrected chi connectivity index (χ0v) is 20.3. The lowest BCUT2D eigenvalue weighted by Crippen LogP contribution is -2.49. The van der Waals surface area contributed by atoms with Crippen LogP contribution in [0.25, 0.3) is 0 Å². The highest BCUT2D eigenvalue weighted by Crippen LogP contribution is 2.31. The SMILES string of the molecule is CNC(=O)C(Cc1ccccc1)N(Cc1ccc(C)cc1)C(=O)CCc1ccc2c(c1)OCCO2. The fraction of sp³-hybridized carbons (Fsp3) is 0.310. The highest BCUT2D eigenvalue weighted by Gasteiger charge is 2.29. The Labute approximate surface area is 206 Å². The number of nitrogens with one attached hydrogen (secondary N) is 1. The number of carbonyl (C=O) groups is 2. The fourth-order valence-corrected chi connectivity index (χ4v) is 4.25. The molecule has 0 fully saturated rings. The van der Waals surface area contributed by atoms with Gasteiger partial charge in [-0.1, -0.05) is 66.2 Å². The topological polar surface area (TPSA) is 67.9 Å². The number of nitrogens with zero attached hydrogens (tertiary/aromatic N) is 1. The maximum Gasteiger partial charge on any atom is 0.242 e. The van der Waals surface area contributed by atoms with Crippen molar-refractivity contribution in [3.63, 3.8) is 0 Å². The molecule has 182 valence electrons. The molecule has 0 saturated carbocycles. The van der Waals surface area contributed by atoms with Crippen LogP contribution in [0.5, 0.6) is 11.5 Å². The van der Waals surface area contributed by atoms with E-state index < -0.39 is 6.04 Å². The van der Waals surface area contributed by atoms with Crippen LogP contribution < -0.4 is 14.8 Å². The minimum Gasteiger partial charge on any atom is -0.486 e. The molecule has 1 unspecified atom stereocenters. The first-order valence-corrected chi connectivity index (χ1v) is 12.0. The molecular formula is C29H32N2O4. The summed E-state index contributed by atoms with van der Waals surface area (Å²) in [5.41, 5.74) is 4.15. The van der Waals surface area contributed by atoms with Gasteiger partial charge >= 0.3 is 0 Å². The van der Waals surface area contributed by atoms with Gasteiger partial charge in [-0.3, -0.25) is 9.59 Å². The van der Waals surface area contributed by atoms with Gasteiger partial charge in [-0.25, -0.2) is 0 Å². The molecule has 0 aromatic heterocycles. The van der Waals surface area contributed by atoms with Gasteiger partial charge in [-0.05, 0) is 42.2 Å². The van der Waals surface area contributed by atoms with E-state index >= 15 is 0 Å². The Morgan fingerprint density at radius 3 is 2.29 bits per heavy atom. The standard InChI is InChI=1S/C29H32N2O4/c1-21-8-10-24(11-9-21)20-31(25(29(33)30-2)18-22-6-4-3-5-7-22)28(32)15-13-23-12-14-26-27(19-23)35-17-16-34-26/h3-12,14,19,25H,13,15-18,20H2,1-2H3,(H,30,33). The monoisotopic (exact) mass is 472 g/mol. The lowest BCUT2D eigenvalue weighted by molar-refractivity contribution is -0.141. The molecule has 0 bridgehead atoms. The highest BCUT2D eigenvalue weighted by atomic mass is 16.6. The number of rotatable bonds is 9. The molecule has 3 aromatic rings. The van der Waals surface area contributed by atoms with Gasteiger partial charge in [-0.2, -0.15) is 0 Å². The van der Waals surface area contributed by atoms with Crippen LogP contribution >= 0.6 is 0 Å². The Morgan fingerprint density at radius 2 is 1.57 bits per heavy atom. The van der Waals surface area contributed by atoms with Crippen LogP contribution in [-0.4, -0.2) is 43.0 Å². The van der Waals surface area contributed by atoms with Crippen LogP contribution in [0.15, 0.2) is 72.8 Å². The molecule has 2 amide bonds. The third-order valence-corrected chi connectivity index (χ3v) is 6.23. The van der Waals surface area contributed by atoms with Crippen molar-refractivity contribution in [2.75, 3.05) is 20.3 Å². The van der Waals surface area contributed by atoms with Crippen molar-refractivity contribution in [1.82, 2.24) is 10.2 Å². The van der Waals surface area contributed by atoms with E-state index in [1.54, 1.807) is 11.9 Å². The van der Waals surface area contributed by atoms with Gasteiger partial charge < -0.3 is 19.7 Å². The molecule has 0 saturated heterocycles. The predicted molar refractivity (Wildman–Crippen MR) is 135 cm³/mol. The normalized spacial score (nSPS) is 13.1. The van der Waals surface area contributed by atoms with Gasteiger partial charge in [0.2, 0.25) is 11.8 Å². The van der Waals surface area contributed by atoms with Gasteiger partial charge in [-0.15, -0.1) is 0 Å². The number of ether oxygens (including phenoxy) is 2. The van der Waals surface area contributed by atoms with E-state index in [1.807, 2.05) is 79.7 Å². The summed E-state index contributed by atoms with van der Waals surface area (Å²) in [5.74, 6) is 1.21. The first kappa shape index (κ1) is 24.3. The number of aryl methyl sites for hydroxylation is 2. The average Bonchev–Trinajstić information content (AvgIpc) is 2.90. The molecule has 6 heteroatoms. The number of carbonyl (C=O) groups excluding carboxylic acids is 2. The van der Waals surface area contributed by atoms with Crippen molar-refractivity contribution in [3.05, 3.63) is 95.1 Å². The van der Waals surface area contributed by atoms with E-state index in [1.165, 1.54) is 0 Å². The van der Waals surface area contributed by atoms with Crippen LogP contribution in [0.4, 0.5) is 0 Å². The Balaban J connectivity index is 1.56. The van der Waals surface area contributed by atoms with Crippen molar-refractivity contribution in [3.8, 4) is 11.5 Å². The average molecular weight is 473 g/mol. The van der Waals surface area contributed by atoms with E-state index in [2.05, 4.69) is 5.32 Å². The van der Waals surface area contributed by atoms with Crippen LogP contribution in [0.3, 0.4) is 0 Å². The highest BCUT2D eigenvalue weighted by molar-refractivity contribution is 5.88. The third-order valence-electron chi connectivity index (χ3n) is 6.23. The van der Waals surface area contributed by atoms with Crippen LogP contribution in [0, 0.1) is 6.92 Å². The van der Waals surface area contributed by atoms with Crippen molar-refractivity contribution in [2.24, 2.45) is 0 Å². The molecule has 6 nitrogen and oxygen atoms in total. The lowest BCUT2D eigenvalue weighted by Gasteiger charge is -2.31. The first-order valence-electron chi connectivity index (χ1n) is 12.0. The smallest absolute Gasteiger partial charge is 0.242 e. The summed E-state index contributed by atoms with van der Waals surface area (Å²) < 4.78 is 11.3. The van der Waals surface area contributed by atoms with Crippen LogP contribution in [-0.2, 0) is 29.0 Å². The Kier molecular flexibility index (Phi) is 8.03. The fourth-order valence-electron chi connectivity index (χ4n) is 4.25. The van der Waals surface area contributed by atoms with Gasteiger partial charge in [0.15, 0.2) is 11.5 Å².